The molecule has 1 heterocycles. The average molecular weight is 240 g/mol. The van der Waals surface area contributed by atoms with Crippen molar-refractivity contribution < 1.29 is 9.90 Å². The fraction of sp³-hybridized carbons (Fsp3) is 0.769. The molecular formula is C13H24N2O2. The van der Waals surface area contributed by atoms with Gasteiger partial charge >= 0.3 is 5.97 Å². The van der Waals surface area contributed by atoms with E-state index in [-0.39, 0.29) is 0 Å². The summed E-state index contributed by atoms with van der Waals surface area (Å²) in [5.41, 5.74) is 0.410. The predicted molar refractivity (Wildman–Crippen MR) is 69.1 cm³/mol. The van der Waals surface area contributed by atoms with Crippen LogP contribution in [0.15, 0.2) is 11.6 Å². The van der Waals surface area contributed by atoms with Crippen molar-refractivity contribution in [1.29, 1.82) is 0 Å². The molecule has 98 valence electrons. The number of likely N-dealkylation sites (tertiary alicyclic amines) is 1. The van der Waals surface area contributed by atoms with E-state index < -0.39 is 5.97 Å². The van der Waals surface area contributed by atoms with Crippen LogP contribution in [-0.4, -0.2) is 48.2 Å². The Morgan fingerprint density at radius 3 is 2.82 bits per heavy atom. The summed E-state index contributed by atoms with van der Waals surface area (Å²) < 4.78 is 0. The normalized spacial score (nSPS) is 22.4. The highest BCUT2D eigenvalue weighted by atomic mass is 16.4. The molecule has 1 saturated heterocycles. The van der Waals surface area contributed by atoms with Gasteiger partial charge in [-0.05, 0) is 46.2 Å². The number of hydrogen-bond donors (Lipinski definition) is 2. The minimum Gasteiger partial charge on any atom is -0.478 e. The highest BCUT2D eigenvalue weighted by Crippen LogP contribution is 2.17. The molecule has 1 fully saturated rings. The van der Waals surface area contributed by atoms with Gasteiger partial charge in [0.05, 0.1) is 0 Å². The average Bonchev–Trinajstić information content (AvgIpc) is 2.72. The van der Waals surface area contributed by atoms with Crippen LogP contribution in [0.25, 0.3) is 0 Å². The number of carbonyl (C=O) groups is 1. The second-order valence-electron chi connectivity index (χ2n) is 5.09. The molecule has 4 heteroatoms. The number of carboxylic acids is 1. The molecule has 17 heavy (non-hydrogen) atoms. The number of nitrogens with one attached hydrogen (secondary N) is 1. The smallest absolute Gasteiger partial charge is 0.330 e. The van der Waals surface area contributed by atoms with E-state index in [4.69, 9.17) is 5.11 Å². The Hall–Kier alpha value is -0.870. The van der Waals surface area contributed by atoms with E-state index in [9.17, 15) is 4.79 Å². The van der Waals surface area contributed by atoms with Crippen LogP contribution in [0, 0.1) is 5.92 Å². The fourth-order valence-corrected chi connectivity index (χ4v) is 2.10. The zero-order valence-corrected chi connectivity index (χ0v) is 11.1. The molecule has 0 amide bonds. The first-order chi connectivity index (χ1) is 8.00. The van der Waals surface area contributed by atoms with E-state index >= 15 is 0 Å². The van der Waals surface area contributed by atoms with Crippen molar-refractivity contribution in [2.45, 2.75) is 33.2 Å². The number of rotatable bonds is 6. The highest BCUT2D eigenvalue weighted by Gasteiger charge is 2.23. The molecule has 0 radical (unpaired) electrons. The van der Waals surface area contributed by atoms with Crippen molar-refractivity contribution in [2.24, 2.45) is 5.92 Å². The summed E-state index contributed by atoms with van der Waals surface area (Å²) in [6, 6.07) is 0.633. The van der Waals surface area contributed by atoms with E-state index in [0.717, 1.165) is 13.1 Å². The van der Waals surface area contributed by atoms with Gasteiger partial charge in [0.15, 0.2) is 0 Å². The minimum atomic E-state index is -0.835. The summed E-state index contributed by atoms with van der Waals surface area (Å²) in [4.78, 5) is 13.1. The quantitative estimate of drug-likeness (QED) is 0.543. The first kappa shape index (κ1) is 14.2. The summed E-state index contributed by atoms with van der Waals surface area (Å²) in [6.45, 7) is 10.1. The van der Waals surface area contributed by atoms with Crippen molar-refractivity contribution in [3.8, 4) is 0 Å². The molecule has 1 unspecified atom stereocenters. The zero-order valence-electron chi connectivity index (χ0n) is 11.1. The first-order valence-electron chi connectivity index (χ1n) is 6.35. The van der Waals surface area contributed by atoms with Crippen LogP contribution in [-0.2, 0) is 4.79 Å². The van der Waals surface area contributed by atoms with Crippen LogP contribution < -0.4 is 5.32 Å². The van der Waals surface area contributed by atoms with Gasteiger partial charge in [-0.3, -0.25) is 0 Å². The maximum Gasteiger partial charge on any atom is 0.330 e. The van der Waals surface area contributed by atoms with Gasteiger partial charge < -0.3 is 15.3 Å². The molecule has 4 nitrogen and oxygen atoms in total. The second-order valence-corrected chi connectivity index (χ2v) is 5.09. The van der Waals surface area contributed by atoms with E-state index in [1.807, 2.05) is 0 Å². The molecule has 0 aromatic carbocycles. The van der Waals surface area contributed by atoms with Gasteiger partial charge in [-0.2, -0.15) is 0 Å². The van der Waals surface area contributed by atoms with E-state index in [1.165, 1.54) is 13.0 Å². The Morgan fingerprint density at radius 1 is 1.59 bits per heavy atom. The highest BCUT2D eigenvalue weighted by molar-refractivity contribution is 5.85. The van der Waals surface area contributed by atoms with Gasteiger partial charge in [0.25, 0.3) is 0 Å². The number of hydrogen-bond acceptors (Lipinski definition) is 3. The maximum atomic E-state index is 10.6. The maximum absolute atomic E-state index is 10.6. The predicted octanol–water partition coefficient (Wildman–Crippen LogP) is 1.34. The topological polar surface area (TPSA) is 52.6 Å². The van der Waals surface area contributed by atoms with Crippen molar-refractivity contribution in [2.75, 3.05) is 26.2 Å². The number of nitrogens with zero attached hydrogens (tertiary/aromatic N) is 1. The molecule has 0 bridgehead atoms. The van der Waals surface area contributed by atoms with Crippen molar-refractivity contribution >= 4 is 5.97 Å². The molecule has 0 saturated carbocycles. The lowest BCUT2D eigenvalue weighted by atomic mass is 10.1. The first-order valence-corrected chi connectivity index (χ1v) is 6.35. The van der Waals surface area contributed by atoms with Crippen LogP contribution >= 0.6 is 0 Å². The van der Waals surface area contributed by atoms with Gasteiger partial charge in [0, 0.05) is 24.7 Å². The lowest BCUT2D eigenvalue weighted by Gasteiger charge is -2.20. The van der Waals surface area contributed by atoms with Crippen LogP contribution in [0.2, 0.25) is 0 Å². The molecular weight excluding hydrogens is 216 g/mol. The molecule has 0 spiro atoms. The standard InChI is InChI=1S/C13H24N2O2/c1-10(2)15-7-5-12(9-15)8-14-6-4-11(3)13(16)17/h4,10,12,14H,5-9H2,1-3H3,(H,16,17)/b11-4-. The molecule has 1 rings (SSSR count). The summed E-state index contributed by atoms with van der Waals surface area (Å²) in [6.07, 6.45) is 2.98. The van der Waals surface area contributed by atoms with Gasteiger partial charge in [-0.25, -0.2) is 4.79 Å². The molecule has 1 aliphatic heterocycles. The molecule has 2 N–H and O–H groups in total. The van der Waals surface area contributed by atoms with Crippen molar-refractivity contribution in [3.63, 3.8) is 0 Å². The lowest BCUT2D eigenvalue weighted by molar-refractivity contribution is -0.132. The van der Waals surface area contributed by atoms with E-state index in [0.29, 0.717) is 24.1 Å². The zero-order chi connectivity index (χ0) is 12.8. The third-order valence-electron chi connectivity index (χ3n) is 3.37. The third-order valence-corrected chi connectivity index (χ3v) is 3.37. The summed E-state index contributed by atoms with van der Waals surface area (Å²) in [5, 5.41) is 12.0. The van der Waals surface area contributed by atoms with Crippen molar-refractivity contribution in [1.82, 2.24) is 10.2 Å². The van der Waals surface area contributed by atoms with Crippen molar-refractivity contribution in [3.05, 3.63) is 11.6 Å². The minimum absolute atomic E-state index is 0.410. The van der Waals surface area contributed by atoms with Gasteiger partial charge in [0.1, 0.15) is 0 Å². The molecule has 0 aromatic heterocycles. The SMILES string of the molecule is C/C(=C/CNCC1CCN(C(C)C)C1)C(=O)O. The summed E-state index contributed by atoms with van der Waals surface area (Å²) >= 11 is 0. The van der Waals surface area contributed by atoms with E-state index in [1.54, 1.807) is 13.0 Å². The summed E-state index contributed by atoms with van der Waals surface area (Å²) in [5.74, 6) is -0.130. The Labute approximate surface area is 104 Å². The Morgan fingerprint density at radius 2 is 2.29 bits per heavy atom. The van der Waals surface area contributed by atoms with E-state index in [2.05, 4.69) is 24.1 Å². The number of aliphatic carboxylic acids is 1. The van der Waals surface area contributed by atoms with Crippen LogP contribution in [0.3, 0.4) is 0 Å². The second kappa shape index (κ2) is 6.77. The van der Waals surface area contributed by atoms with Gasteiger partial charge in [-0.1, -0.05) is 6.08 Å². The summed E-state index contributed by atoms with van der Waals surface area (Å²) in [7, 11) is 0. The number of carboxylic acid groups (broad SMARTS) is 1. The Balaban J connectivity index is 2.16. The fourth-order valence-electron chi connectivity index (χ4n) is 2.10. The molecule has 0 aliphatic carbocycles. The Bertz CT molecular complexity index is 287. The molecule has 0 aromatic rings. The van der Waals surface area contributed by atoms with Crippen LogP contribution in [0.4, 0.5) is 0 Å². The molecule has 1 atom stereocenters. The lowest BCUT2D eigenvalue weighted by Crippen LogP contribution is -2.30. The Kier molecular flexibility index (Phi) is 5.65. The monoisotopic (exact) mass is 240 g/mol. The van der Waals surface area contributed by atoms with Crippen LogP contribution in [0.5, 0.6) is 0 Å². The van der Waals surface area contributed by atoms with Crippen LogP contribution in [0.1, 0.15) is 27.2 Å². The largest absolute Gasteiger partial charge is 0.478 e. The third kappa shape index (κ3) is 4.88. The van der Waals surface area contributed by atoms with Gasteiger partial charge in [-0.15, -0.1) is 0 Å². The van der Waals surface area contributed by atoms with Gasteiger partial charge in [0.2, 0.25) is 0 Å². The molecule has 1 aliphatic rings.